The summed E-state index contributed by atoms with van der Waals surface area (Å²) in [5.41, 5.74) is 1.29. The molecule has 0 saturated heterocycles. The normalized spacial score (nSPS) is 10.0. The zero-order chi connectivity index (χ0) is 9.52. The maximum Gasteiger partial charge on any atom is 0.122 e. The Morgan fingerprint density at radius 1 is 1.31 bits per heavy atom. The molecule has 0 aliphatic rings. The summed E-state index contributed by atoms with van der Waals surface area (Å²) in [5.74, 6) is 3.28. The van der Waals surface area contributed by atoms with E-state index in [1.54, 1.807) is 7.11 Å². The van der Waals surface area contributed by atoms with Crippen molar-refractivity contribution < 1.29 is 4.74 Å². The number of thioether (sulfide) groups is 1. The highest BCUT2D eigenvalue weighted by atomic mass is 32.2. The van der Waals surface area contributed by atoms with Crippen molar-refractivity contribution in [2.75, 3.05) is 12.9 Å². The fraction of sp³-hybridized carbons (Fsp3) is 0.455. The van der Waals surface area contributed by atoms with Crippen molar-refractivity contribution in [1.82, 2.24) is 0 Å². The van der Waals surface area contributed by atoms with Gasteiger partial charge in [-0.3, -0.25) is 0 Å². The molecule has 72 valence electrons. The summed E-state index contributed by atoms with van der Waals surface area (Å²) in [7, 11) is 1.73. The van der Waals surface area contributed by atoms with E-state index in [1.807, 2.05) is 23.9 Å². The van der Waals surface area contributed by atoms with Crippen LogP contribution in [0, 0.1) is 0 Å². The zero-order valence-corrected chi connectivity index (χ0v) is 9.06. The number of benzene rings is 1. The minimum absolute atomic E-state index is 1.01. The maximum atomic E-state index is 5.26. The van der Waals surface area contributed by atoms with Gasteiger partial charge in [0.2, 0.25) is 0 Å². The highest BCUT2D eigenvalue weighted by Crippen LogP contribution is 2.22. The summed E-state index contributed by atoms with van der Waals surface area (Å²) in [6.45, 7) is 2.20. The minimum Gasteiger partial charge on any atom is -0.496 e. The first-order valence-corrected chi connectivity index (χ1v) is 5.73. The van der Waals surface area contributed by atoms with Gasteiger partial charge >= 0.3 is 0 Å². The molecule has 0 bridgehead atoms. The summed E-state index contributed by atoms with van der Waals surface area (Å²) in [6, 6.07) is 8.21. The number of hydrogen-bond donors (Lipinski definition) is 0. The minimum atomic E-state index is 1.01. The predicted octanol–water partition coefficient (Wildman–Crippen LogP) is 3.34. The van der Waals surface area contributed by atoms with Crippen molar-refractivity contribution >= 4 is 11.8 Å². The summed E-state index contributed by atoms with van der Waals surface area (Å²) >= 11 is 1.96. The van der Waals surface area contributed by atoms with E-state index >= 15 is 0 Å². The molecule has 0 spiro atoms. The fourth-order valence-electron chi connectivity index (χ4n) is 1.15. The zero-order valence-electron chi connectivity index (χ0n) is 8.25. The van der Waals surface area contributed by atoms with Crippen LogP contribution in [-0.2, 0) is 5.75 Å². The van der Waals surface area contributed by atoms with E-state index in [0.29, 0.717) is 0 Å². The molecule has 1 aromatic carbocycles. The van der Waals surface area contributed by atoms with Gasteiger partial charge in [0.25, 0.3) is 0 Å². The third kappa shape index (κ3) is 3.31. The molecule has 0 N–H and O–H groups in total. The first-order valence-electron chi connectivity index (χ1n) is 4.58. The lowest BCUT2D eigenvalue weighted by atomic mass is 10.2. The van der Waals surface area contributed by atoms with Crippen LogP contribution in [0.3, 0.4) is 0 Å². The van der Waals surface area contributed by atoms with E-state index in [9.17, 15) is 0 Å². The van der Waals surface area contributed by atoms with Crippen LogP contribution in [-0.4, -0.2) is 12.9 Å². The third-order valence-corrected chi connectivity index (χ3v) is 3.01. The van der Waals surface area contributed by atoms with Crippen molar-refractivity contribution in [1.29, 1.82) is 0 Å². The monoisotopic (exact) mass is 196 g/mol. The molecule has 0 amide bonds. The molecule has 0 radical (unpaired) electrons. The molecule has 1 aromatic rings. The summed E-state index contributed by atoms with van der Waals surface area (Å²) < 4.78 is 5.26. The fourth-order valence-corrected chi connectivity index (χ4v) is 2.04. The Hall–Kier alpha value is -0.630. The Bertz CT molecular complexity index is 248. The van der Waals surface area contributed by atoms with Crippen LogP contribution in [0.2, 0.25) is 0 Å². The second-order valence-corrected chi connectivity index (χ2v) is 3.97. The van der Waals surface area contributed by atoms with Crippen molar-refractivity contribution in [3.63, 3.8) is 0 Å². The van der Waals surface area contributed by atoms with Gasteiger partial charge in [0.1, 0.15) is 5.75 Å². The molecule has 0 atom stereocenters. The molecule has 0 aliphatic heterocycles. The second kappa shape index (κ2) is 5.92. The van der Waals surface area contributed by atoms with E-state index in [0.717, 1.165) is 11.5 Å². The highest BCUT2D eigenvalue weighted by molar-refractivity contribution is 7.98. The van der Waals surface area contributed by atoms with E-state index in [-0.39, 0.29) is 0 Å². The molecular weight excluding hydrogens is 180 g/mol. The average molecular weight is 196 g/mol. The van der Waals surface area contributed by atoms with Gasteiger partial charge in [-0.1, -0.05) is 25.1 Å². The number of methoxy groups -OCH3 is 1. The summed E-state index contributed by atoms with van der Waals surface area (Å²) in [5, 5.41) is 0. The van der Waals surface area contributed by atoms with Gasteiger partial charge in [0.05, 0.1) is 7.11 Å². The van der Waals surface area contributed by atoms with Crippen molar-refractivity contribution in [2.24, 2.45) is 0 Å². The van der Waals surface area contributed by atoms with Gasteiger partial charge < -0.3 is 4.74 Å². The van der Waals surface area contributed by atoms with Gasteiger partial charge in [-0.05, 0) is 18.2 Å². The van der Waals surface area contributed by atoms with Crippen LogP contribution in [0.1, 0.15) is 18.9 Å². The first-order chi connectivity index (χ1) is 6.38. The maximum absolute atomic E-state index is 5.26. The molecule has 0 heterocycles. The molecule has 2 heteroatoms. The van der Waals surface area contributed by atoms with Crippen molar-refractivity contribution in [3.8, 4) is 5.75 Å². The Morgan fingerprint density at radius 3 is 2.77 bits per heavy atom. The molecule has 1 nitrogen and oxygen atoms in total. The Balaban J connectivity index is 2.54. The molecule has 13 heavy (non-hydrogen) atoms. The lowest BCUT2D eigenvalue weighted by molar-refractivity contribution is 0.411. The predicted molar refractivity (Wildman–Crippen MR) is 59.4 cm³/mol. The number of para-hydroxylation sites is 1. The van der Waals surface area contributed by atoms with Gasteiger partial charge in [-0.2, -0.15) is 11.8 Å². The lowest BCUT2D eigenvalue weighted by Crippen LogP contribution is -1.89. The van der Waals surface area contributed by atoms with E-state index < -0.39 is 0 Å². The first kappa shape index (κ1) is 10.5. The van der Waals surface area contributed by atoms with Crippen LogP contribution in [0.15, 0.2) is 24.3 Å². The van der Waals surface area contributed by atoms with Gasteiger partial charge in [-0.15, -0.1) is 0 Å². The summed E-state index contributed by atoms with van der Waals surface area (Å²) in [4.78, 5) is 0. The largest absolute Gasteiger partial charge is 0.496 e. The van der Waals surface area contributed by atoms with Crippen LogP contribution in [0.25, 0.3) is 0 Å². The second-order valence-electron chi connectivity index (χ2n) is 2.86. The van der Waals surface area contributed by atoms with Gasteiger partial charge in [-0.25, -0.2) is 0 Å². The highest BCUT2D eigenvalue weighted by Gasteiger charge is 1.99. The number of rotatable bonds is 5. The Kier molecular flexibility index (Phi) is 4.76. The molecule has 1 rings (SSSR count). The third-order valence-electron chi connectivity index (χ3n) is 1.80. The van der Waals surface area contributed by atoms with E-state index in [1.165, 1.54) is 17.7 Å². The van der Waals surface area contributed by atoms with E-state index in [4.69, 9.17) is 4.74 Å². The smallest absolute Gasteiger partial charge is 0.122 e. The van der Waals surface area contributed by atoms with Crippen molar-refractivity contribution in [2.45, 2.75) is 19.1 Å². The molecule has 0 aromatic heterocycles. The topological polar surface area (TPSA) is 9.23 Å². The Morgan fingerprint density at radius 2 is 2.08 bits per heavy atom. The Labute approximate surface area is 84.5 Å². The number of hydrogen-bond acceptors (Lipinski definition) is 2. The van der Waals surface area contributed by atoms with Crippen molar-refractivity contribution in [3.05, 3.63) is 29.8 Å². The quantitative estimate of drug-likeness (QED) is 0.668. The van der Waals surface area contributed by atoms with Crippen LogP contribution in [0.4, 0.5) is 0 Å². The standard InChI is InChI=1S/C11H16OS/c1-3-8-13-9-10-6-4-5-7-11(10)12-2/h4-7H,3,8-9H2,1-2H3. The van der Waals surface area contributed by atoms with Gasteiger partial charge in [0.15, 0.2) is 0 Å². The van der Waals surface area contributed by atoms with Gasteiger partial charge in [0, 0.05) is 11.3 Å². The molecular formula is C11H16OS. The van der Waals surface area contributed by atoms with Crippen LogP contribution < -0.4 is 4.74 Å². The molecule has 0 fully saturated rings. The van der Waals surface area contributed by atoms with E-state index in [2.05, 4.69) is 19.1 Å². The molecule has 0 unspecified atom stereocenters. The molecule has 0 aliphatic carbocycles. The molecule has 0 saturated carbocycles. The SMILES string of the molecule is CCCSCc1ccccc1OC. The lowest BCUT2D eigenvalue weighted by Gasteiger charge is -2.06. The number of ether oxygens (including phenoxy) is 1. The van der Waals surface area contributed by atoms with Crippen LogP contribution >= 0.6 is 11.8 Å². The average Bonchev–Trinajstić information content (AvgIpc) is 2.19. The summed E-state index contributed by atoms with van der Waals surface area (Å²) in [6.07, 6.45) is 1.24. The van der Waals surface area contributed by atoms with Crippen LogP contribution in [0.5, 0.6) is 5.75 Å².